The van der Waals surface area contributed by atoms with Crippen molar-refractivity contribution in [1.29, 1.82) is 0 Å². The van der Waals surface area contributed by atoms with Gasteiger partial charge in [0.05, 0.1) is 12.2 Å². The summed E-state index contributed by atoms with van der Waals surface area (Å²) in [7, 11) is 0. The van der Waals surface area contributed by atoms with E-state index in [0.717, 1.165) is 39.7 Å². The zero-order valence-corrected chi connectivity index (χ0v) is 20.8. The van der Waals surface area contributed by atoms with Gasteiger partial charge in [-0.05, 0) is 48.1 Å². The van der Waals surface area contributed by atoms with Crippen LogP contribution in [0.15, 0.2) is 95.3 Å². The second kappa shape index (κ2) is 10.5. The Bertz CT molecular complexity index is 1350. The average Bonchev–Trinajstić information content (AvgIpc) is 2.90. The zero-order chi connectivity index (χ0) is 25.1. The van der Waals surface area contributed by atoms with Gasteiger partial charge in [-0.1, -0.05) is 72.8 Å². The maximum absolute atomic E-state index is 13.8. The summed E-state index contributed by atoms with van der Waals surface area (Å²) < 4.78 is 11.0. The summed E-state index contributed by atoms with van der Waals surface area (Å²) in [5.41, 5.74) is 4.92. The fourth-order valence-electron chi connectivity index (χ4n) is 5.50. The van der Waals surface area contributed by atoms with Crippen LogP contribution in [0, 0.1) is 0 Å². The van der Waals surface area contributed by atoms with Gasteiger partial charge >= 0.3 is 5.97 Å². The number of nitrogens with one attached hydrogen (secondary N) is 1. The molecule has 0 fully saturated rings. The molecule has 1 N–H and O–H groups in total. The zero-order valence-electron chi connectivity index (χ0n) is 20.8. The summed E-state index contributed by atoms with van der Waals surface area (Å²) in [4.78, 5) is 27.3. The number of carbonyl (C=O) groups excluding carboxylic acids is 2. The number of dihydropyridines is 1. The lowest BCUT2D eigenvalue weighted by atomic mass is 9.71. The highest BCUT2D eigenvalue weighted by molar-refractivity contribution is 6.05. The molecule has 0 saturated heterocycles. The summed E-state index contributed by atoms with van der Waals surface area (Å²) in [6.45, 7) is 4.88. The quantitative estimate of drug-likeness (QED) is 0.342. The molecule has 0 bridgehead atoms. The summed E-state index contributed by atoms with van der Waals surface area (Å²) in [6, 6.07) is 24.4. The van der Waals surface area contributed by atoms with Crippen LogP contribution >= 0.6 is 0 Å². The fraction of sp³-hybridized carbons (Fsp3) is 0.290. The molecular weight excluding hydrogens is 450 g/mol. The highest BCUT2D eigenvalue weighted by atomic mass is 16.6. The Morgan fingerprint density at radius 1 is 0.944 bits per heavy atom. The number of esters is 1. The molecule has 1 aliphatic heterocycles. The third kappa shape index (κ3) is 4.59. The number of ether oxygens (including phenoxy) is 2. The molecule has 1 aliphatic carbocycles. The number of Topliss-reactive ketones (excluding diaryl/α,β-unsaturated/α-hetero) is 1. The Labute approximate surface area is 211 Å². The van der Waals surface area contributed by atoms with Gasteiger partial charge in [0.2, 0.25) is 0 Å². The number of ketones is 1. The Morgan fingerprint density at radius 2 is 1.69 bits per heavy atom. The van der Waals surface area contributed by atoms with Crippen molar-refractivity contribution in [2.24, 2.45) is 0 Å². The van der Waals surface area contributed by atoms with Crippen LogP contribution in [0.2, 0.25) is 0 Å². The van der Waals surface area contributed by atoms with Crippen LogP contribution in [0.1, 0.15) is 49.7 Å². The molecule has 0 radical (unpaired) electrons. The van der Waals surface area contributed by atoms with Gasteiger partial charge in [-0.25, -0.2) is 4.79 Å². The van der Waals surface area contributed by atoms with Gasteiger partial charge in [0.1, 0.15) is 6.61 Å². The van der Waals surface area contributed by atoms with Crippen molar-refractivity contribution in [3.05, 3.63) is 106 Å². The number of hydrogen-bond donors (Lipinski definition) is 1. The molecule has 2 aliphatic rings. The summed E-state index contributed by atoms with van der Waals surface area (Å²) >= 11 is 0. The van der Waals surface area contributed by atoms with E-state index < -0.39 is 11.9 Å². The van der Waals surface area contributed by atoms with Crippen LogP contribution in [0.3, 0.4) is 0 Å². The van der Waals surface area contributed by atoms with E-state index in [2.05, 4.69) is 35.6 Å². The number of benzene rings is 3. The molecule has 36 heavy (non-hydrogen) atoms. The van der Waals surface area contributed by atoms with Gasteiger partial charge < -0.3 is 14.8 Å². The van der Waals surface area contributed by atoms with Crippen LogP contribution in [-0.2, 0) is 19.1 Å². The van der Waals surface area contributed by atoms with Crippen LogP contribution in [-0.4, -0.2) is 31.6 Å². The highest BCUT2D eigenvalue weighted by Gasteiger charge is 2.41. The Morgan fingerprint density at radius 3 is 2.50 bits per heavy atom. The van der Waals surface area contributed by atoms with Crippen LogP contribution in [0.5, 0.6) is 0 Å². The van der Waals surface area contributed by atoms with Crippen molar-refractivity contribution < 1.29 is 19.1 Å². The molecule has 0 spiro atoms. The van der Waals surface area contributed by atoms with Crippen LogP contribution in [0.4, 0.5) is 0 Å². The lowest BCUT2D eigenvalue weighted by Gasteiger charge is -2.37. The first-order valence-electron chi connectivity index (χ1n) is 12.6. The van der Waals surface area contributed by atoms with Gasteiger partial charge in [-0.2, -0.15) is 0 Å². The number of hydrogen-bond acceptors (Lipinski definition) is 5. The summed E-state index contributed by atoms with van der Waals surface area (Å²) in [6.07, 6.45) is 1.13. The number of rotatable bonds is 7. The molecule has 0 saturated carbocycles. The number of allylic oxidation sites excluding steroid dienone is 3. The smallest absolute Gasteiger partial charge is 0.336 e. The molecular formula is C31H31NO4. The van der Waals surface area contributed by atoms with Gasteiger partial charge in [-0.15, -0.1) is 0 Å². The van der Waals surface area contributed by atoms with Crippen molar-refractivity contribution >= 4 is 22.5 Å². The second-order valence-electron chi connectivity index (χ2n) is 9.33. The van der Waals surface area contributed by atoms with Crippen molar-refractivity contribution in [3.63, 3.8) is 0 Å². The Balaban J connectivity index is 1.60. The first kappa shape index (κ1) is 24.0. The van der Waals surface area contributed by atoms with Crippen molar-refractivity contribution in [3.8, 4) is 0 Å². The lowest BCUT2D eigenvalue weighted by Crippen LogP contribution is -2.36. The third-order valence-corrected chi connectivity index (χ3v) is 7.12. The SMILES string of the molecule is CCOCCOC(=O)C1=C(C)NC2=C(C(=O)CC(c3ccccc3)C2)C1c1cccc2ccccc12. The van der Waals surface area contributed by atoms with E-state index in [9.17, 15) is 9.59 Å². The molecule has 0 aromatic heterocycles. The van der Waals surface area contributed by atoms with Gasteiger partial charge in [0, 0.05) is 35.9 Å². The molecule has 5 heteroatoms. The van der Waals surface area contributed by atoms with Gasteiger partial charge in [0.15, 0.2) is 5.78 Å². The molecule has 5 rings (SSSR count). The number of carbonyl (C=O) groups is 2. The van der Waals surface area contributed by atoms with E-state index in [0.29, 0.717) is 30.8 Å². The molecule has 184 valence electrons. The molecule has 3 aromatic rings. The minimum Gasteiger partial charge on any atom is -0.460 e. The second-order valence-corrected chi connectivity index (χ2v) is 9.33. The summed E-state index contributed by atoms with van der Waals surface area (Å²) in [5, 5.41) is 5.54. The molecule has 2 unspecified atom stereocenters. The fourth-order valence-corrected chi connectivity index (χ4v) is 5.50. The van der Waals surface area contributed by atoms with Crippen LogP contribution in [0.25, 0.3) is 10.8 Å². The monoisotopic (exact) mass is 481 g/mol. The maximum atomic E-state index is 13.8. The molecule has 0 amide bonds. The van der Waals surface area contributed by atoms with Crippen LogP contribution < -0.4 is 5.32 Å². The molecule has 1 heterocycles. The van der Waals surface area contributed by atoms with Crippen molar-refractivity contribution in [1.82, 2.24) is 5.32 Å². The normalized spacial score (nSPS) is 19.8. The van der Waals surface area contributed by atoms with Gasteiger partial charge in [0.25, 0.3) is 0 Å². The first-order chi connectivity index (χ1) is 17.6. The molecule has 5 nitrogen and oxygen atoms in total. The Hall–Kier alpha value is -3.70. The predicted octanol–water partition coefficient (Wildman–Crippen LogP) is 5.78. The van der Waals surface area contributed by atoms with E-state index in [1.165, 1.54) is 0 Å². The first-order valence-corrected chi connectivity index (χ1v) is 12.6. The molecule has 2 atom stereocenters. The standard InChI is InChI=1S/C31H31NO4/c1-3-35-16-17-36-31(34)28-20(2)32-26-18-23(21-10-5-4-6-11-21)19-27(33)30(26)29(28)25-15-9-13-22-12-7-8-14-24(22)25/h4-15,23,29,32H,3,16-19H2,1-2H3. The van der Waals surface area contributed by atoms with Gasteiger partial charge in [-0.3, -0.25) is 4.79 Å². The van der Waals surface area contributed by atoms with E-state index in [-0.39, 0.29) is 18.3 Å². The van der Waals surface area contributed by atoms with E-state index in [1.807, 2.05) is 56.3 Å². The van der Waals surface area contributed by atoms with Crippen molar-refractivity contribution in [2.75, 3.05) is 19.8 Å². The Kier molecular flexibility index (Phi) is 7.01. The average molecular weight is 482 g/mol. The van der Waals surface area contributed by atoms with E-state index >= 15 is 0 Å². The van der Waals surface area contributed by atoms with Crippen molar-refractivity contribution in [2.45, 2.75) is 38.5 Å². The predicted molar refractivity (Wildman–Crippen MR) is 140 cm³/mol. The topological polar surface area (TPSA) is 64.6 Å². The van der Waals surface area contributed by atoms with E-state index in [1.54, 1.807) is 0 Å². The summed E-state index contributed by atoms with van der Waals surface area (Å²) in [5.74, 6) is -0.730. The number of fused-ring (bicyclic) bond motifs is 1. The minimum atomic E-state index is -0.490. The highest BCUT2D eigenvalue weighted by Crippen LogP contribution is 2.47. The molecule has 3 aromatic carbocycles. The largest absolute Gasteiger partial charge is 0.460 e. The van der Waals surface area contributed by atoms with E-state index in [4.69, 9.17) is 9.47 Å². The lowest BCUT2D eigenvalue weighted by molar-refractivity contribution is -0.140. The maximum Gasteiger partial charge on any atom is 0.336 e. The third-order valence-electron chi connectivity index (χ3n) is 7.12. The minimum absolute atomic E-state index is 0.0719.